The predicted octanol–water partition coefficient (Wildman–Crippen LogP) is 4.47. The number of oxazole rings is 1. The van der Waals surface area contributed by atoms with Gasteiger partial charge in [0.15, 0.2) is 11.7 Å². The van der Waals surface area contributed by atoms with Crippen molar-refractivity contribution in [3.63, 3.8) is 0 Å². The molecule has 0 radical (unpaired) electrons. The first-order valence-corrected chi connectivity index (χ1v) is 8.58. The molecule has 0 fully saturated rings. The number of rotatable bonds is 4. The molecule has 0 aliphatic carbocycles. The molecular formula is C21H16N4O3. The van der Waals surface area contributed by atoms with Gasteiger partial charge in [-0.3, -0.25) is 9.36 Å². The number of amides is 1. The molecule has 1 amide bonds. The van der Waals surface area contributed by atoms with Gasteiger partial charge in [0, 0.05) is 30.6 Å². The Morgan fingerprint density at radius 1 is 1.14 bits per heavy atom. The van der Waals surface area contributed by atoms with E-state index in [1.54, 1.807) is 49.1 Å². The minimum absolute atomic E-state index is 0.194. The molecule has 0 spiro atoms. The molecule has 4 aromatic rings. The number of anilines is 1. The number of aryl methyl sites for hydroxylation is 2. The van der Waals surface area contributed by atoms with E-state index >= 15 is 0 Å². The molecule has 28 heavy (non-hydrogen) atoms. The number of carbonyl (C=O) groups is 1. The summed E-state index contributed by atoms with van der Waals surface area (Å²) in [7, 11) is 0. The van der Waals surface area contributed by atoms with Crippen molar-refractivity contribution < 1.29 is 13.6 Å². The molecule has 0 bridgehead atoms. The van der Waals surface area contributed by atoms with Crippen molar-refractivity contribution in [1.82, 2.24) is 9.55 Å². The summed E-state index contributed by atoms with van der Waals surface area (Å²) >= 11 is 0. The van der Waals surface area contributed by atoms with Crippen LogP contribution in [-0.4, -0.2) is 15.5 Å². The molecule has 3 heterocycles. The summed E-state index contributed by atoms with van der Waals surface area (Å²) in [5.41, 5.74) is 1.86. The largest absolute Gasteiger partial charge is 0.443 e. The van der Waals surface area contributed by atoms with E-state index in [1.165, 1.54) is 0 Å². The predicted molar refractivity (Wildman–Crippen MR) is 102 cm³/mol. The fourth-order valence-corrected chi connectivity index (χ4v) is 2.97. The van der Waals surface area contributed by atoms with Crippen LogP contribution in [0.3, 0.4) is 0 Å². The maximum Gasteiger partial charge on any atom is 0.260 e. The Morgan fingerprint density at radius 3 is 2.46 bits per heavy atom. The summed E-state index contributed by atoms with van der Waals surface area (Å²) in [5, 5.41) is 12.4. The van der Waals surface area contributed by atoms with Crippen molar-refractivity contribution in [2.75, 3.05) is 5.32 Å². The average Bonchev–Trinajstić information content (AvgIpc) is 3.41. The lowest BCUT2D eigenvalue weighted by atomic mass is 10.1. The van der Waals surface area contributed by atoms with Gasteiger partial charge in [0.05, 0.1) is 6.20 Å². The zero-order valence-corrected chi connectivity index (χ0v) is 15.3. The van der Waals surface area contributed by atoms with Crippen LogP contribution in [0.25, 0.3) is 17.2 Å². The summed E-state index contributed by atoms with van der Waals surface area (Å²) in [6, 6.07) is 12.9. The van der Waals surface area contributed by atoms with E-state index in [2.05, 4.69) is 16.4 Å². The van der Waals surface area contributed by atoms with Gasteiger partial charge in [-0.05, 0) is 43.3 Å². The van der Waals surface area contributed by atoms with Gasteiger partial charge < -0.3 is 14.2 Å². The number of furan rings is 1. The number of nitrogens with one attached hydrogen (secondary N) is 1. The molecule has 7 nitrogen and oxygen atoms in total. The first kappa shape index (κ1) is 17.4. The van der Waals surface area contributed by atoms with Crippen LogP contribution in [0.1, 0.15) is 27.6 Å². The normalized spacial score (nSPS) is 10.6. The molecule has 0 atom stereocenters. The lowest BCUT2D eigenvalue weighted by Crippen LogP contribution is -2.13. The van der Waals surface area contributed by atoms with Gasteiger partial charge in [0.2, 0.25) is 5.88 Å². The Kier molecular flexibility index (Phi) is 4.30. The number of nitrogens with zero attached hydrogens (tertiary/aromatic N) is 3. The van der Waals surface area contributed by atoms with Crippen molar-refractivity contribution in [2.24, 2.45) is 0 Å². The lowest BCUT2D eigenvalue weighted by Gasteiger charge is -2.05. The highest BCUT2D eigenvalue weighted by Gasteiger charge is 2.24. The number of carbonyl (C=O) groups excluding carboxylic acids is 1. The second kappa shape index (κ2) is 6.93. The standard InChI is InChI=1S/C21H16N4O3/c1-13-19(17(11-22)21(27-13)25-9-3-4-10-25)20(26)24-16-7-5-15(6-8-16)18-12-23-14(2)28-18/h3-10,12H,1-2H3,(H,24,26). The van der Waals surface area contributed by atoms with Crippen molar-refractivity contribution in [3.05, 3.63) is 77.8 Å². The number of aromatic nitrogens is 2. The topological polar surface area (TPSA) is 97.0 Å². The third kappa shape index (κ3) is 3.08. The Bertz CT molecular complexity index is 1180. The summed E-state index contributed by atoms with van der Waals surface area (Å²) in [4.78, 5) is 16.9. The molecule has 0 unspecified atom stereocenters. The highest BCUT2D eigenvalue weighted by molar-refractivity contribution is 6.07. The maximum atomic E-state index is 12.8. The van der Waals surface area contributed by atoms with E-state index in [9.17, 15) is 10.1 Å². The van der Waals surface area contributed by atoms with Gasteiger partial charge in [0.25, 0.3) is 5.91 Å². The zero-order valence-electron chi connectivity index (χ0n) is 15.3. The molecule has 0 aliphatic rings. The Morgan fingerprint density at radius 2 is 1.86 bits per heavy atom. The van der Waals surface area contributed by atoms with Gasteiger partial charge >= 0.3 is 0 Å². The van der Waals surface area contributed by atoms with Crippen molar-refractivity contribution in [2.45, 2.75) is 13.8 Å². The fraction of sp³-hybridized carbons (Fsp3) is 0.0952. The summed E-state index contributed by atoms with van der Waals surface area (Å²) in [6.07, 6.45) is 5.16. The van der Waals surface area contributed by atoms with Crippen LogP contribution in [-0.2, 0) is 0 Å². The second-order valence-corrected chi connectivity index (χ2v) is 6.19. The molecule has 138 valence electrons. The molecule has 1 N–H and O–H groups in total. The Balaban J connectivity index is 1.60. The SMILES string of the molecule is Cc1ncc(-c2ccc(NC(=O)c3c(C)oc(-n4cccc4)c3C#N)cc2)o1. The van der Waals surface area contributed by atoms with Crippen LogP contribution in [0, 0.1) is 25.2 Å². The molecule has 0 aliphatic heterocycles. The van der Waals surface area contributed by atoms with Crippen LogP contribution in [0.15, 0.2) is 63.8 Å². The highest BCUT2D eigenvalue weighted by atomic mass is 16.4. The zero-order chi connectivity index (χ0) is 19.7. The van der Waals surface area contributed by atoms with E-state index in [4.69, 9.17) is 8.83 Å². The monoisotopic (exact) mass is 372 g/mol. The van der Waals surface area contributed by atoms with Crippen molar-refractivity contribution in [3.8, 4) is 23.3 Å². The molecule has 4 rings (SSSR count). The Labute approximate surface area is 160 Å². The number of benzene rings is 1. The van der Waals surface area contributed by atoms with Crippen molar-refractivity contribution in [1.29, 1.82) is 5.26 Å². The molecule has 1 aromatic carbocycles. The van der Waals surface area contributed by atoms with Gasteiger partial charge in [-0.25, -0.2) is 4.98 Å². The van der Waals surface area contributed by atoms with E-state index in [0.29, 0.717) is 29.0 Å². The average molecular weight is 372 g/mol. The van der Waals surface area contributed by atoms with Gasteiger partial charge in [0.1, 0.15) is 23.0 Å². The van der Waals surface area contributed by atoms with Crippen LogP contribution in [0.5, 0.6) is 0 Å². The Hall–Kier alpha value is -4.05. The van der Waals surface area contributed by atoms with E-state index in [1.807, 2.05) is 24.3 Å². The van der Waals surface area contributed by atoms with Gasteiger partial charge in [-0.2, -0.15) is 5.26 Å². The van der Waals surface area contributed by atoms with E-state index < -0.39 is 5.91 Å². The molecule has 0 saturated heterocycles. The number of hydrogen-bond donors (Lipinski definition) is 1. The van der Waals surface area contributed by atoms with Crippen LogP contribution >= 0.6 is 0 Å². The van der Waals surface area contributed by atoms with Crippen LogP contribution in [0.2, 0.25) is 0 Å². The smallest absolute Gasteiger partial charge is 0.260 e. The minimum Gasteiger partial charge on any atom is -0.443 e. The lowest BCUT2D eigenvalue weighted by molar-refractivity contribution is 0.102. The molecule has 3 aromatic heterocycles. The summed E-state index contributed by atoms with van der Waals surface area (Å²) in [6.45, 7) is 3.44. The molecule has 7 heteroatoms. The third-order valence-electron chi connectivity index (χ3n) is 4.29. The first-order valence-electron chi connectivity index (χ1n) is 8.58. The van der Waals surface area contributed by atoms with Crippen molar-refractivity contribution >= 4 is 11.6 Å². The van der Waals surface area contributed by atoms with Gasteiger partial charge in [-0.1, -0.05) is 0 Å². The third-order valence-corrected chi connectivity index (χ3v) is 4.29. The molecular weight excluding hydrogens is 356 g/mol. The fourth-order valence-electron chi connectivity index (χ4n) is 2.97. The van der Waals surface area contributed by atoms with Crippen LogP contribution in [0.4, 0.5) is 5.69 Å². The van der Waals surface area contributed by atoms with Crippen LogP contribution < -0.4 is 5.32 Å². The molecule has 0 saturated carbocycles. The van der Waals surface area contributed by atoms with Gasteiger partial charge in [-0.15, -0.1) is 0 Å². The highest BCUT2D eigenvalue weighted by Crippen LogP contribution is 2.27. The maximum absolute atomic E-state index is 12.8. The quantitative estimate of drug-likeness (QED) is 0.570. The number of hydrogen-bond acceptors (Lipinski definition) is 5. The second-order valence-electron chi connectivity index (χ2n) is 6.19. The van der Waals surface area contributed by atoms with E-state index in [0.717, 1.165) is 5.56 Å². The first-order chi connectivity index (χ1) is 13.6. The van der Waals surface area contributed by atoms with E-state index in [-0.39, 0.29) is 11.1 Å². The number of nitriles is 1. The minimum atomic E-state index is -0.403. The summed E-state index contributed by atoms with van der Waals surface area (Å²) < 4.78 is 12.8. The summed E-state index contributed by atoms with van der Waals surface area (Å²) in [5.74, 6) is 1.55.